The van der Waals surface area contributed by atoms with Gasteiger partial charge in [0.25, 0.3) is 0 Å². The average Bonchev–Trinajstić information content (AvgIpc) is 3.16. The van der Waals surface area contributed by atoms with Crippen molar-refractivity contribution in [3.8, 4) is 11.1 Å². The molecule has 24 heavy (non-hydrogen) atoms. The Labute approximate surface area is 177 Å². The Kier molecular flexibility index (Phi) is 14.0. The molecule has 0 saturated carbocycles. The summed E-state index contributed by atoms with van der Waals surface area (Å²) in [6.45, 7) is 8.08. The van der Waals surface area contributed by atoms with Crippen molar-refractivity contribution in [2.75, 3.05) is 0 Å². The summed E-state index contributed by atoms with van der Waals surface area (Å²) in [7, 11) is 0. The summed E-state index contributed by atoms with van der Waals surface area (Å²) >= 11 is 0. The van der Waals surface area contributed by atoms with Gasteiger partial charge in [0.15, 0.2) is 0 Å². The zero-order valence-electron chi connectivity index (χ0n) is 13.7. The first kappa shape index (κ1) is 25.2. The predicted molar refractivity (Wildman–Crippen MR) is 91.5 cm³/mol. The van der Waals surface area contributed by atoms with Gasteiger partial charge in [-0.25, -0.2) is 11.6 Å². The van der Waals surface area contributed by atoms with Crippen LogP contribution < -0.4 is 24.8 Å². The van der Waals surface area contributed by atoms with Crippen LogP contribution in [-0.2, 0) is 32.6 Å². The van der Waals surface area contributed by atoms with Crippen molar-refractivity contribution in [1.82, 2.24) is 0 Å². The summed E-state index contributed by atoms with van der Waals surface area (Å²) in [5.74, 6) is 0. The van der Waals surface area contributed by atoms with Gasteiger partial charge in [-0.1, -0.05) is 42.3 Å². The number of hydrogen-bond acceptors (Lipinski definition) is 0. The van der Waals surface area contributed by atoms with Crippen molar-refractivity contribution in [1.29, 1.82) is 0 Å². The SMILES string of the molecule is C=C.Cc1cc[cH-]c1.[Cl-].[Cl-].[Zr+4].[c-]1cccc2c1Cc1ccccc1-2. The standard InChI is InChI=1S/C13H9.C6H7.C2H4.2ClH.Zr/c1-3-7-12-10(5-1)9-11-6-2-4-8-13(11)12;1-6-4-2-3-5-6;1-2;;;/h1-5,7-8H,9H2;2-5H,1H3;1-2H2;2*1H;/q2*-1;;;;+4/p-2. The molecule has 0 radical (unpaired) electrons. The molecule has 0 unspecified atom stereocenters. The molecular weight excluding hydrogens is 414 g/mol. The Hall–Kier alpha value is -1.01. The zero-order valence-corrected chi connectivity index (χ0v) is 17.7. The molecular formula is C21H20Cl2Zr. The molecule has 0 nitrogen and oxygen atoms in total. The van der Waals surface area contributed by atoms with Crippen LogP contribution in [0.15, 0.2) is 79.9 Å². The van der Waals surface area contributed by atoms with Crippen LogP contribution in [0.4, 0.5) is 0 Å². The molecule has 4 rings (SSSR count). The number of halogens is 2. The topological polar surface area (TPSA) is 0 Å². The largest absolute Gasteiger partial charge is 4.00 e. The van der Waals surface area contributed by atoms with Crippen molar-refractivity contribution >= 4 is 0 Å². The number of benzene rings is 2. The normalized spacial score (nSPS) is 9.04. The molecule has 0 amide bonds. The molecule has 0 aliphatic heterocycles. The second kappa shape index (κ2) is 13.3. The van der Waals surface area contributed by atoms with E-state index in [1.165, 1.54) is 27.8 Å². The maximum atomic E-state index is 3.30. The predicted octanol–water partition coefficient (Wildman–Crippen LogP) is -0.420. The summed E-state index contributed by atoms with van der Waals surface area (Å²) in [6, 6.07) is 26.3. The minimum atomic E-state index is 0. The van der Waals surface area contributed by atoms with Crippen LogP contribution in [0.3, 0.4) is 0 Å². The van der Waals surface area contributed by atoms with Gasteiger partial charge in [-0.3, -0.25) is 0 Å². The molecule has 0 spiro atoms. The van der Waals surface area contributed by atoms with E-state index in [1.54, 1.807) is 0 Å². The quantitative estimate of drug-likeness (QED) is 0.261. The Morgan fingerprint density at radius 3 is 2.21 bits per heavy atom. The van der Waals surface area contributed by atoms with E-state index in [4.69, 9.17) is 0 Å². The molecule has 0 atom stereocenters. The van der Waals surface area contributed by atoms with Crippen molar-refractivity contribution < 1.29 is 51.0 Å². The molecule has 1 aliphatic carbocycles. The fourth-order valence-electron chi connectivity index (χ4n) is 2.47. The molecule has 0 bridgehead atoms. The molecule has 0 heterocycles. The fourth-order valence-corrected chi connectivity index (χ4v) is 2.47. The molecule has 0 fully saturated rings. The zero-order chi connectivity index (χ0) is 15.1. The fraction of sp³-hybridized carbons (Fsp3) is 0.0952. The summed E-state index contributed by atoms with van der Waals surface area (Å²) in [5.41, 5.74) is 6.85. The van der Waals surface area contributed by atoms with Crippen LogP contribution in [0.5, 0.6) is 0 Å². The third-order valence-corrected chi connectivity index (χ3v) is 3.45. The van der Waals surface area contributed by atoms with Crippen LogP contribution in [0.2, 0.25) is 0 Å². The number of fused-ring (bicyclic) bond motifs is 3. The van der Waals surface area contributed by atoms with Crippen LogP contribution in [0.25, 0.3) is 11.1 Å². The van der Waals surface area contributed by atoms with Gasteiger partial charge in [-0.2, -0.15) is 48.0 Å². The number of hydrogen-bond donors (Lipinski definition) is 0. The van der Waals surface area contributed by atoms with E-state index in [-0.39, 0.29) is 51.0 Å². The van der Waals surface area contributed by atoms with E-state index in [2.05, 4.69) is 74.7 Å². The van der Waals surface area contributed by atoms with Gasteiger partial charge in [0.05, 0.1) is 0 Å². The van der Waals surface area contributed by atoms with Gasteiger partial charge < -0.3 is 24.8 Å². The van der Waals surface area contributed by atoms with Crippen molar-refractivity contribution in [2.24, 2.45) is 0 Å². The maximum Gasteiger partial charge on any atom is 4.00 e. The third kappa shape index (κ3) is 6.48. The Balaban J connectivity index is 0. The molecule has 0 saturated heterocycles. The number of rotatable bonds is 0. The van der Waals surface area contributed by atoms with E-state index < -0.39 is 0 Å². The molecule has 1 aliphatic rings. The van der Waals surface area contributed by atoms with E-state index in [9.17, 15) is 0 Å². The first-order chi connectivity index (χ1) is 10.3. The second-order valence-corrected chi connectivity index (χ2v) is 4.86. The minimum Gasteiger partial charge on any atom is -1.00 e. The minimum absolute atomic E-state index is 0. The van der Waals surface area contributed by atoms with Gasteiger partial charge >= 0.3 is 26.2 Å². The van der Waals surface area contributed by atoms with Crippen LogP contribution in [0.1, 0.15) is 16.7 Å². The van der Waals surface area contributed by atoms with Crippen LogP contribution in [-0.4, -0.2) is 0 Å². The molecule has 122 valence electrons. The Morgan fingerprint density at radius 1 is 0.958 bits per heavy atom. The Bertz CT molecular complexity index is 647. The monoisotopic (exact) mass is 432 g/mol. The first-order valence-electron chi connectivity index (χ1n) is 7.11. The van der Waals surface area contributed by atoms with E-state index in [0.29, 0.717) is 0 Å². The van der Waals surface area contributed by atoms with Gasteiger partial charge in [-0.15, -0.1) is 18.7 Å². The van der Waals surface area contributed by atoms with Crippen molar-refractivity contribution in [3.05, 3.63) is 103 Å². The Morgan fingerprint density at radius 2 is 1.62 bits per heavy atom. The van der Waals surface area contributed by atoms with E-state index >= 15 is 0 Å². The van der Waals surface area contributed by atoms with Gasteiger partial charge in [0.1, 0.15) is 0 Å². The second-order valence-electron chi connectivity index (χ2n) is 4.86. The molecule has 3 aromatic carbocycles. The van der Waals surface area contributed by atoms with Gasteiger partial charge in [0, 0.05) is 0 Å². The van der Waals surface area contributed by atoms with Crippen molar-refractivity contribution in [3.63, 3.8) is 0 Å². The van der Waals surface area contributed by atoms with Gasteiger partial charge in [-0.05, 0) is 6.42 Å². The number of aryl methyl sites for hydroxylation is 1. The summed E-state index contributed by atoms with van der Waals surface area (Å²) in [4.78, 5) is 0. The molecule has 0 aromatic heterocycles. The van der Waals surface area contributed by atoms with Crippen LogP contribution in [0, 0.1) is 13.0 Å². The van der Waals surface area contributed by atoms with E-state index in [1.807, 2.05) is 18.2 Å². The third-order valence-electron chi connectivity index (χ3n) is 3.45. The van der Waals surface area contributed by atoms with Gasteiger partial charge in [0.2, 0.25) is 0 Å². The summed E-state index contributed by atoms with van der Waals surface area (Å²) in [5, 5.41) is 0. The average molecular weight is 435 g/mol. The van der Waals surface area contributed by atoms with Crippen molar-refractivity contribution in [2.45, 2.75) is 13.3 Å². The first-order valence-corrected chi connectivity index (χ1v) is 7.11. The smallest absolute Gasteiger partial charge is 1.00 e. The maximum absolute atomic E-state index is 3.30. The summed E-state index contributed by atoms with van der Waals surface area (Å²) in [6.07, 6.45) is 1.05. The van der Waals surface area contributed by atoms with E-state index in [0.717, 1.165) is 6.42 Å². The molecule has 0 N–H and O–H groups in total. The molecule has 3 heteroatoms. The molecule has 3 aromatic rings. The van der Waals surface area contributed by atoms with Crippen LogP contribution >= 0.6 is 0 Å². The summed E-state index contributed by atoms with van der Waals surface area (Å²) < 4.78 is 0.